The summed E-state index contributed by atoms with van der Waals surface area (Å²) in [6, 6.07) is 3.38. The maximum Gasteiger partial charge on any atom is 0.274 e. The number of nitrogens with two attached hydrogens (primary N) is 1. The fraction of sp³-hybridized carbons (Fsp3) is 0.286. The summed E-state index contributed by atoms with van der Waals surface area (Å²) in [5.41, 5.74) is 0.629. The summed E-state index contributed by atoms with van der Waals surface area (Å²) in [4.78, 5) is 3.90. The van der Waals surface area contributed by atoms with Crippen LogP contribution >= 0.6 is 0 Å². The number of ether oxygens (including phenoxy) is 1. The first-order valence-electron chi connectivity index (χ1n) is 3.78. The maximum atomic E-state index is 10.6. The number of methoxy groups -OCH3 is 1. The van der Waals surface area contributed by atoms with E-state index >= 15 is 0 Å². The molecule has 0 aliphatic heterocycles. The Balaban J connectivity index is 2.76. The minimum Gasteiger partial charge on any atom is -0.481 e. The van der Waals surface area contributed by atoms with Crippen molar-refractivity contribution in [1.29, 1.82) is 0 Å². The predicted molar refractivity (Wildman–Crippen MR) is 50.7 cm³/mol. The van der Waals surface area contributed by atoms with Gasteiger partial charge in [-0.3, -0.25) is 0 Å². The van der Waals surface area contributed by atoms with Gasteiger partial charge in [0.15, 0.2) is 0 Å². The molecule has 0 fully saturated rings. The van der Waals surface area contributed by atoms with Crippen LogP contribution in [0.25, 0.3) is 0 Å². The van der Waals surface area contributed by atoms with Crippen molar-refractivity contribution >= 4 is 10.2 Å². The standard InChI is InChI=1S/C7H11N3O3S/c1-13-7-6(3-2-4-9-7)5-10-14(8,11)12/h2-4,10H,5H2,1H3,(H2,8,11,12). The van der Waals surface area contributed by atoms with Crippen LogP contribution in [0.15, 0.2) is 18.3 Å². The quantitative estimate of drug-likeness (QED) is 0.703. The van der Waals surface area contributed by atoms with Crippen molar-refractivity contribution in [3.05, 3.63) is 23.9 Å². The van der Waals surface area contributed by atoms with Gasteiger partial charge < -0.3 is 4.74 Å². The van der Waals surface area contributed by atoms with Gasteiger partial charge in [0, 0.05) is 18.3 Å². The Kier molecular flexibility index (Phi) is 3.39. The van der Waals surface area contributed by atoms with Crippen molar-refractivity contribution in [1.82, 2.24) is 9.71 Å². The number of rotatable bonds is 4. The SMILES string of the molecule is COc1ncccc1CNS(N)(=O)=O. The van der Waals surface area contributed by atoms with Crippen LogP contribution in [0.5, 0.6) is 5.88 Å². The lowest BCUT2D eigenvalue weighted by Crippen LogP contribution is -2.30. The van der Waals surface area contributed by atoms with Crippen molar-refractivity contribution in [2.45, 2.75) is 6.54 Å². The number of aromatic nitrogens is 1. The Hall–Kier alpha value is -1.18. The summed E-state index contributed by atoms with van der Waals surface area (Å²) in [7, 11) is -2.22. The van der Waals surface area contributed by atoms with Crippen molar-refractivity contribution in [3.63, 3.8) is 0 Å². The number of hydrogen-bond donors (Lipinski definition) is 2. The van der Waals surface area contributed by atoms with Gasteiger partial charge in [0.05, 0.1) is 7.11 Å². The third-order valence-corrected chi connectivity index (χ3v) is 2.05. The minimum absolute atomic E-state index is 0.0653. The van der Waals surface area contributed by atoms with E-state index < -0.39 is 10.2 Å². The van der Waals surface area contributed by atoms with E-state index in [1.807, 2.05) is 0 Å². The van der Waals surface area contributed by atoms with E-state index in [0.29, 0.717) is 11.4 Å². The first kappa shape index (κ1) is 10.9. The Morgan fingerprint density at radius 2 is 2.36 bits per heavy atom. The first-order chi connectivity index (χ1) is 6.53. The van der Waals surface area contributed by atoms with Gasteiger partial charge >= 0.3 is 0 Å². The molecule has 78 valence electrons. The molecule has 3 N–H and O–H groups in total. The lowest BCUT2D eigenvalue weighted by Gasteiger charge is -2.06. The molecule has 1 heterocycles. The van der Waals surface area contributed by atoms with E-state index in [-0.39, 0.29) is 6.54 Å². The second-order valence-electron chi connectivity index (χ2n) is 2.54. The van der Waals surface area contributed by atoms with E-state index in [4.69, 9.17) is 9.88 Å². The molecule has 14 heavy (non-hydrogen) atoms. The van der Waals surface area contributed by atoms with Crippen LogP contribution in [0.1, 0.15) is 5.56 Å². The van der Waals surface area contributed by atoms with Crippen LogP contribution in [0, 0.1) is 0 Å². The normalized spacial score (nSPS) is 11.3. The van der Waals surface area contributed by atoms with Crippen molar-refractivity contribution in [2.24, 2.45) is 5.14 Å². The molecule has 0 unspecified atom stereocenters. The minimum atomic E-state index is -3.68. The third kappa shape index (κ3) is 3.29. The molecule has 6 nitrogen and oxygen atoms in total. The summed E-state index contributed by atoms with van der Waals surface area (Å²) in [5.74, 6) is 0.378. The summed E-state index contributed by atoms with van der Waals surface area (Å²) >= 11 is 0. The fourth-order valence-corrected chi connectivity index (χ4v) is 1.28. The third-order valence-electron chi connectivity index (χ3n) is 1.51. The van der Waals surface area contributed by atoms with Crippen LogP contribution < -0.4 is 14.6 Å². The van der Waals surface area contributed by atoms with E-state index in [0.717, 1.165) is 0 Å². The molecule has 0 atom stereocenters. The van der Waals surface area contributed by atoms with E-state index in [1.165, 1.54) is 7.11 Å². The largest absolute Gasteiger partial charge is 0.481 e. The Bertz CT molecular complexity index is 404. The van der Waals surface area contributed by atoms with Gasteiger partial charge in [0.1, 0.15) is 0 Å². The average molecular weight is 217 g/mol. The second kappa shape index (κ2) is 4.36. The van der Waals surface area contributed by atoms with Crippen LogP contribution in [0.3, 0.4) is 0 Å². The molecule has 0 bridgehead atoms. The highest BCUT2D eigenvalue weighted by Crippen LogP contribution is 2.12. The smallest absolute Gasteiger partial charge is 0.274 e. The number of nitrogens with one attached hydrogen (secondary N) is 1. The molecule has 0 amide bonds. The van der Waals surface area contributed by atoms with Gasteiger partial charge in [-0.05, 0) is 6.07 Å². The van der Waals surface area contributed by atoms with Crippen LogP contribution in [-0.2, 0) is 16.8 Å². The summed E-state index contributed by atoms with van der Waals surface area (Å²) in [6.45, 7) is 0.0653. The Labute approximate surface area is 82.3 Å². The highest BCUT2D eigenvalue weighted by Gasteiger charge is 2.06. The fourth-order valence-electron chi connectivity index (χ4n) is 0.921. The van der Waals surface area contributed by atoms with E-state index in [1.54, 1.807) is 18.3 Å². The average Bonchev–Trinajstić information content (AvgIpc) is 2.14. The lowest BCUT2D eigenvalue weighted by molar-refractivity contribution is 0.392. The molecule has 1 rings (SSSR count). The zero-order valence-electron chi connectivity index (χ0n) is 7.60. The molecular weight excluding hydrogens is 206 g/mol. The molecule has 0 spiro atoms. The molecule has 0 radical (unpaired) electrons. The molecule has 0 saturated carbocycles. The van der Waals surface area contributed by atoms with Crippen molar-refractivity contribution in [3.8, 4) is 5.88 Å². The summed E-state index contributed by atoms with van der Waals surface area (Å²) < 4.78 is 28.3. The number of pyridine rings is 1. The topological polar surface area (TPSA) is 94.3 Å². The van der Waals surface area contributed by atoms with Crippen molar-refractivity contribution in [2.75, 3.05) is 7.11 Å². The van der Waals surface area contributed by atoms with E-state index in [2.05, 4.69) is 9.71 Å². The Morgan fingerprint density at radius 1 is 1.64 bits per heavy atom. The molecule has 0 aliphatic rings. The zero-order chi connectivity index (χ0) is 10.6. The Morgan fingerprint density at radius 3 is 2.93 bits per heavy atom. The number of nitrogens with zero attached hydrogens (tertiary/aromatic N) is 1. The van der Waals surface area contributed by atoms with Crippen LogP contribution in [0.2, 0.25) is 0 Å². The molecule has 0 saturated heterocycles. The van der Waals surface area contributed by atoms with Gasteiger partial charge in [-0.2, -0.15) is 13.1 Å². The first-order valence-corrected chi connectivity index (χ1v) is 5.33. The van der Waals surface area contributed by atoms with Gasteiger partial charge in [-0.15, -0.1) is 0 Å². The predicted octanol–water partition coefficient (Wildman–Crippen LogP) is -0.617. The van der Waals surface area contributed by atoms with Gasteiger partial charge in [-0.25, -0.2) is 10.1 Å². The molecule has 0 aromatic carbocycles. The summed E-state index contributed by atoms with van der Waals surface area (Å²) in [6.07, 6.45) is 1.55. The molecular formula is C7H11N3O3S. The van der Waals surface area contributed by atoms with E-state index in [9.17, 15) is 8.42 Å². The van der Waals surface area contributed by atoms with Gasteiger partial charge in [-0.1, -0.05) is 6.07 Å². The zero-order valence-corrected chi connectivity index (χ0v) is 8.41. The van der Waals surface area contributed by atoms with Crippen molar-refractivity contribution < 1.29 is 13.2 Å². The van der Waals surface area contributed by atoms with Crippen LogP contribution in [0.4, 0.5) is 0 Å². The molecule has 7 heteroatoms. The van der Waals surface area contributed by atoms with Gasteiger partial charge in [0.25, 0.3) is 10.2 Å². The highest BCUT2D eigenvalue weighted by atomic mass is 32.2. The lowest BCUT2D eigenvalue weighted by atomic mass is 10.3. The maximum absolute atomic E-state index is 10.6. The second-order valence-corrected chi connectivity index (χ2v) is 3.92. The van der Waals surface area contributed by atoms with Gasteiger partial charge in [0.2, 0.25) is 5.88 Å². The monoisotopic (exact) mass is 217 g/mol. The molecule has 1 aromatic rings. The number of hydrogen-bond acceptors (Lipinski definition) is 4. The summed E-state index contributed by atoms with van der Waals surface area (Å²) in [5, 5.41) is 4.77. The van der Waals surface area contributed by atoms with Crippen LogP contribution in [-0.4, -0.2) is 20.5 Å². The molecule has 0 aliphatic carbocycles. The highest BCUT2D eigenvalue weighted by molar-refractivity contribution is 7.87. The molecule has 1 aromatic heterocycles.